The Morgan fingerprint density at radius 2 is 1.90 bits per heavy atom. The minimum atomic E-state index is -1.19. The SMILES string of the molecule is COC(=O)CCN(C)C(=O)NC1(C(=O)O)CCC(C)CC1. The number of nitrogens with zero attached hydrogens (tertiary/aromatic N) is 1. The van der Waals surface area contributed by atoms with Crippen molar-refractivity contribution in [1.29, 1.82) is 0 Å². The van der Waals surface area contributed by atoms with Gasteiger partial charge in [-0.3, -0.25) is 4.79 Å². The summed E-state index contributed by atoms with van der Waals surface area (Å²) in [6.45, 7) is 2.26. The van der Waals surface area contributed by atoms with Gasteiger partial charge in [0.05, 0.1) is 13.5 Å². The van der Waals surface area contributed by atoms with Crippen LogP contribution in [0, 0.1) is 5.92 Å². The van der Waals surface area contributed by atoms with E-state index in [1.54, 1.807) is 0 Å². The Hall–Kier alpha value is -1.79. The van der Waals surface area contributed by atoms with E-state index in [1.807, 2.05) is 0 Å². The lowest BCUT2D eigenvalue weighted by molar-refractivity contribution is -0.146. The van der Waals surface area contributed by atoms with Crippen LogP contribution in [-0.4, -0.2) is 54.2 Å². The van der Waals surface area contributed by atoms with Crippen molar-refractivity contribution < 1.29 is 24.2 Å². The van der Waals surface area contributed by atoms with Gasteiger partial charge in [-0.1, -0.05) is 6.92 Å². The van der Waals surface area contributed by atoms with Gasteiger partial charge >= 0.3 is 18.0 Å². The summed E-state index contributed by atoms with van der Waals surface area (Å²) in [5, 5.41) is 12.1. The number of hydrogen-bond donors (Lipinski definition) is 2. The monoisotopic (exact) mass is 300 g/mol. The molecule has 0 atom stereocenters. The minimum Gasteiger partial charge on any atom is -0.480 e. The fourth-order valence-corrected chi connectivity index (χ4v) is 2.41. The average molecular weight is 300 g/mol. The number of urea groups is 1. The molecule has 0 aliphatic heterocycles. The molecule has 0 aromatic rings. The molecule has 0 heterocycles. The fourth-order valence-electron chi connectivity index (χ4n) is 2.41. The van der Waals surface area contributed by atoms with Gasteiger partial charge in [-0.15, -0.1) is 0 Å². The number of ether oxygens (including phenoxy) is 1. The summed E-state index contributed by atoms with van der Waals surface area (Å²) < 4.78 is 4.51. The topological polar surface area (TPSA) is 95.9 Å². The molecule has 2 N–H and O–H groups in total. The lowest BCUT2D eigenvalue weighted by atomic mass is 9.77. The Kier molecular flexibility index (Phi) is 5.99. The molecule has 7 nitrogen and oxygen atoms in total. The van der Waals surface area contributed by atoms with Crippen LogP contribution in [0.5, 0.6) is 0 Å². The Balaban J connectivity index is 2.61. The molecule has 0 radical (unpaired) electrons. The normalized spacial score (nSPS) is 25.0. The van der Waals surface area contributed by atoms with Gasteiger partial charge in [0.2, 0.25) is 0 Å². The number of methoxy groups -OCH3 is 1. The van der Waals surface area contributed by atoms with Crippen molar-refractivity contribution in [3.63, 3.8) is 0 Å². The summed E-state index contributed by atoms with van der Waals surface area (Å²) in [6.07, 6.45) is 2.49. The van der Waals surface area contributed by atoms with E-state index in [-0.39, 0.29) is 13.0 Å². The fraction of sp³-hybridized carbons (Fsp3) is 0.786. The number of rotatable bonds is 5. The molecule has 0 bridgehead atoms. The highest BCUT2D eigenvalue weighted by Gasteiger charge is 2.42. The Labute approximate surface area is 124 Å². The largest absolute Gasteiger partial charge is 0.480 e. The molecule has 1 aliphatic rings. The lowest BCUT2D eigenvalue weighted by Crippen LogP contribution is -2.58. The number of amides is 2. The number of carboxylic acids is 1. The van der Waals surface area contributed by atoms with Crippen LogP contribution in [0.25, 0.3) is 0 Å². The summed E-state index contributed by atoms with van der Waals surface area (Å²) in [7, 11) is 2.81. The molecule has 1 aliphatic carbocycles. The van der Waals surface area contributed by atoms with E-state index in [2.05, 4.69) is 17.0 Å². The maximum Gasteiger partial charge on any atom is 0.329 e. The van der Waals surface area contributed by atoms with Crippen molar-refractivity contribution in [2.24, 2.45) is 5.92 Å². The Morgan fingerprint density at radius 3 is 2.38 bits per heavy atom. The second-order valence-electron chi connectivity index (χ2n) is 5.75. The third-order valence-electron chi connectivity index (χ3n) is 4.11. The average Bonchev–Trinajstić information content (AvgIpc) is 2.46. The third-order valence-corrected chi connectivity index (χ3v) is 4.11. The van der Waals surface area contributed by atoms with E-state index in [4.69, 9.17) is 0 Å². The number of aliphatic carboxylic acids is 1. The van der Waals surface area contributed by atoms with Gasteiger partial charge in [0.15, 0.2) is 0 Å². The highest BCUT2D eigenvalue weighted by atomic mass is 16.5. The molecular formula is C14H24N2O5. The second kappa shape index (κ2) is 7.28. The standard InChI is InChI=1S/C14H24N2O5/c1-10-4-7-14(8-5-10,12(18)19)15-13(20)16(2)9-6-11(17)21-3/h10H,4-9H2,1-3H3,(H,15,20)(H,18,19). The Bertz CT molecular complexity index is 402. The summed E-state index contributed by atoms with van der Waals surface area (Å²) in [6, 6.07) is -0.476. The van der Waals surface area contributed by atoms with Crippen LogP contribution in [0.3, 0.4) is 0 Å². The zero-order chi connectivity index (χ0) is 16.0. The van der Waals surface area contributed by atoms with Gasteiger partial charge in [0, 0.05) is 13.6 Å². The Morgan fingerprint density at radius 1 is 1.33 bits per heavy atom. The molecule has 1 rings (SSSR count). The predicted octanol–water partition coefficient (Wildman–Crippen LogP) is 1.22. The molecule has 0 unspecified atom stereocenters. The lowest BCUT2D eigenvalue weighted by Gasteiger charge is -2.37. The van der Waals surface area contributed by atoms with Gasteiger partial charge in [0.25, 0.3) is 0 Å². The summed E-state index contributed by atoms with van der Waals surface area (Å²) in [5.74, 6) is -0.926. The van der Waals surface area contributed by atoms with E-state index in [1.165, 1.54) is 19.1 Å². The molecule has 0 saturated heterocycles. The molecule has 1 saturated carbocycles. The van der Waals surface area contributed by atoms with Crippen LogP contribution in [0.2, 0.25) is 0 Å². The van der Waals surface area contributed by atoms with Gasteiger partial charge in [-0.05, 0) is 31.6 Å². The van der Waals surface area contributed by atoms with E-state index in [9.17, 15) is 19.5 Å². The van der Waals surface area contributed by atoms with Crippen molar-refractivity contribution in [3.05, 3.63) is 0 Å². The zero-order valence-corrected chi connectivity index (χ0v) is 12.8. The van der Waals surface area contributed by atoms with Crippen LogP contribution >= 0.6 is 0 Å². The van der Waals surface area contributed by atoms with Gasteiger partial charge in [0.1, 0.15) is 5.54 Å². The van der Waals surface area contributed by atoms with E-state index < -0.39 is 23.5 Å². The van der Waals surface area contributed by atoms with E-state index in [0.29, 0.717) is 18.8 Å². The first-order chi connectivity index (χ1) is 9.80. The number of carboxylic acid groups (broad SMARTS) is 1. The minimum absolute atomic E-state index is 0.0809. The van der Waals surface area contributed by atoms with Gasteiger partial charge in [-0.2, -0.15) is 0 Å². The van der Waals surface area contributed by atoms with Crippen molar-refractivity contribution in [2.45, 2.75) is 44.6 Å². The van der Waals surface area contributed by atoms with Crippen molar-refractivity contribution in [3.8, 4) is 0 Å². The molecule has 7 heteroatoms. The van der Waals surface area contributed by atoms with Gasteiger partial charge in [-0.25, -0.2) is 9.59 Å². The van der Waals surface area contributed by atoms with Crippen molar-refractivity contribution in [1.82, 2.24) is 10.2 Å². The highest BCUT2D eigenvalue weighted by molar-refractivity contribution is 5.86. The van der Waals surface area contributed by atoms with E-state index >= 15 is 0 Å². The molecule has 0 aromatic carbocycles. The summed E-state index contributed by atoms with van der Waals surface area (Å²) in [5.41, 5.74) is -1.19. The number of hydrogen-bond acceptors (Lipinski definition) is 4. The first-order valence-corrected chi connectivity index (χ1v) is 7.14. The molecule has 1 fully saturated rings. The van der Waals surface area contributed by atoms with Crippen LogP contribution in [-0.2, 0) is 14.3 Å². The number of nitrogens with one attached hydrogen (secondary N) is 1. The van der Waals surface area contributed by atoms with Crippen LogP contribution in [0.1, 0.15) is 39.0 Å². The number of carbonyl (C=O) groups is 3. The molecule has 2 amide bonds. The molecule has 120 valence electrons. The van der Waals surface area contributed by atoms with Gasteiger partial charge < -0.3 is 20.1 Å². The highest BCUT2D eigenvalue weighted by Crippen LogP contribution is 2.32. The zero-order valence-electron chi connectivity index (χ0n) is 12.8. The first kappa shape index (κ1) is 17.3. The molecule has 0 aromatic heterocycles. The number of esters is 1. The smallest absolute Gasteiger partial charge is 0.329 e. The molecular weight excluding hydrogens is 276 g/mol. The van der Waals surface area contributed by atoms with Crippen LogP contribution < -0.4 is 5.32 Å². The molecule has 21 heavy (non-hydrogen) atoms. The summed E-state index contributed by atoms with van der Waals surface area (Å²) >= 11 is 0. The van der Waals surface area contributed by atoms with Crippen LogP contribution in [0.4, 0.5) is 4.79 Å². The predicted molar refractivity (Wildman–Crippen MR) is 75.8 cm³/mol. The maximum absolute atomic E-state index is 12.1. The van der Waals surface area contributed by atoms with Crippen LogP contribution in [0.15, 0.2) is 0 Å². The van der Waals surface area contributed by atoms with Crippen molar-refractivity contribution >= 4 is 18.0 Å². The maximum atomic E-state index is 12.1. The summed E-state index contributed by atoms with van der Waals surface area (Å²) in [4.78, 5) is 36.0. The first-order valence-electron chi connectivity index (χ1n) is 7.14. The number of carbonyl (C=O) groups excluding carboxylic acids is 2. The third kappa shape index (κ3) is 4.61. The quantitative estimate of drug-likeness (QED) is 0.744. The van der Waals surface area contributed by atoms with E-state index in [0.717, 1.165) is 12.8 Å². The molecule has 0 spiro atoms. The second-order valence-corrected chi connectivity index (χ2v) is 5.75. The van der Waals surface area contributed by atoms with Crippen molar-refractivity contribution in [2.75, 3.05) is 20.7 Å².